The SMILES string of the molecule is COC1CCCCC1NC(=O)N(C)Cc1ccncc1. The van der Waals surface area contributed by atoms with Crippen LogP contribution in [0.4, 0.5) is 4.79 Å². The molecule has 0 spiro atoms. The van der Waals surface area contributed by atoms with E-state index < -0.39 is 0 Å². The summed E-state index contributed by atoms with van der Waals surface area (Å²) in [7, 11) is 3.52. The van der Waals surface area contributed by atoms with E-state index in [1.807, 2.05) is 12.1 Å². The largest absolute Gasteiger partial charge is 0.379 e. The summed E-state index contributed by atoms with van der Waals surface area (Å²) >= 11 is 0. The number of aromatic nitrogens is 1. The molecule has 1 saturated carbocycles. The molecule has 0 aromatic carbocycles. The highest BCUT2D eigenvalue weighted by molar-refractivity contribution is 5.74. The van der Waals surface area contributed by atoms with E-state index in [1.165, 1.54) is 6.42 Å². The number of amides is 2. The van der Waals surface area contributed by atoms with E-state index in [0.29, 0.717) is 6.54 Å². The molecule has 1 aliphatic carbocycles. The molecule has 110 valence electrons. The minimum atomic E-state index is -0.0456. The fraction of sp³-hybridized carbons (Fsp3) is 0.600. The molecule has 2 unspecified atom stereocenters. The first-order valence-corrected chi connectivity index (χ1v) is 7.14. The molecule has 1 fully saturated rings. The van der Waals surface area contributed by atoms with Crippen LogP contribution in [0, 0.1) is 0 Å². The molecule has 2 amide bonds. The van der Waals surface area contributed by atoms with Gasteiger partial charge in [0.1, 0.15) is 0 Å². The number of rotatable bonds is 4. The third-order valence-corrected chi connectivity index (χ3v) is 3.83. The molecule has 1 aromatic rings. The molecule has 1 aromatic heterocycles. The van der Waals surface area contributed by atoms with Gasteiger partial charge in [0.15, 0.2) is 0 Å². The Morgan fingerprint density at radius 3 is 2.80 bits per heavy atom. The second-order valence-corrected chi connectivity index (χ2v) is 5.33. The molecule has 2 atom stereocenters. The Hall–Kier alpha value is -1.62. The Balaban J connectivity index is 1.87. The van der Waals surface area contributed by atoms with Crippen LogP contribution in [0.1, 0.15) is 31.2 Å². The number of hydrogen-bond acceptors (Lipinski definition) is 3. The van der Waals surface area contributed by atoms with Crippen molar-refractivity contribution in [3.05, 3.63) is 30.1 Å². The number of urea groups is 1. The summed E-state index contributed by atoms with van der Waals surface area (Å²) in [6.07, 6.45) is 7.97. The lowest BCUT2D eigenvalue weighted by atomic mass is 9.92. The minimum Gasteiger partial charge on any atom is -0.379 e. The van der Waals surface area contributed by atoms with Gasteiger partial charge < -0.3 is 15.0 Å². The highest BCUT2D eigenvalue weighted by atomic mass is 16.5. The summed E-state index contributed by atoms with van der Waals surface area (Å²) in [6, 6.07) is 3.92. The third kappa shape index (κ3) is 3.93. The molecule has 2 rings (SSSR count). The molecule has 5 nitrogen and oxygen atoms in total. The van der Waals surface area contributed by atoms with Crippen molar-refractivity contribution in [2.45, 2.75) is 44.4 Å². The van der Waals surface area contributed by atoms with Crippen molar-refractivity contribution < 1.29 is 9.53 Å². The van der Waals surface area contributed by atoms with Crippen LogP contribution in [-0.4, -0.2) is 42.2 Å². The van der Waals surface area contributed by atoms with Crippen LogP contribution in [0.5, 0.6) is 0 Å². The fourth-order valence-corrected chi connectivity index (χ4v) is 2.65. The van der Waals surface area contributed by atoms with Crippen molar-refractivity contribution in [2.24, 2.45) is 0 Å². The average Bonchev–Trinajstić information content (AvgIpc) is 2.48. The predicted molar refractivity (Wildman–Crippen MR) is 77.3 cm³/mol. The zero-order valence-corrected chi connectivity index (χ0v) is 12.2. The maximum absolute atomic E-state index is 12.2. The molecule has 1 aliphatic rings. The maximum Gasteiger partial charge on any atom is 0.317 e. The van der Waals surface area contributed by atoms with E-state index in [1.54, 1.807) is 31.5 Å². The van der Waals surface area contributed by atoms with Crippen LogP contribution in [0.3, 0.4) is 0 Å². The van der Waals surface area contributed by atoms with Gasteiger partial charge >= 0.3 is 6.03 Å². The summed E-state index contributed by atoms with van der Waals surface area (Å²) in [5.41, 5.74) is 1.07. The summed E-state index contributed by atoms with van der Waals surface area (Å²) in [6.45, 7) is 0.582. The number of methoxy groups -OCH3 is 1. The normalized spacial score (nSPS) is 22.3. The van der Waals surface area contributed by atoms with Crippen LogP contribution in [-0.2, 0) is 11.3 Å². The molecule has 0 bridgehead atoms. The van der Waals surface area contributed by atoms with Crippen LogP contribution >= 0.6 is 0 Å². The third-order valence-electron chi connectivity index (χ3n) is 3.83. The van der Waals surface area contributed by atoms with E-state index in [9.17, 15) is 4.79 Å². The van der Waals surface area contributed by atoms with Crippen molar-refractivity contribution in [3.8, 4) is 0 Å². The highest BCUT2D eigenvalue weighted by Gasteiger charge is 2.27. The minimum absolute atomic E-state index is 0.0456. The van der Waals surface area contributed by atoms with Crippen LogP contribution < -0.4 is 5.32 Å². The quantitative estimate of drug-likeness (QED) is 0.917. The zero-order valence-electron chi connectivity index (χ0n) is 12.2. The summed E-state index contributed by atoms with van der Waals surface area (Å²) in [5.74, 6) is 0. The summed E-state index contributed by atoms with van der Waals surface area (Å²) in [4.78, 5) is 17.9. The van der Waals surface area contributed by atoms with Crippen molar-refractivity contribution in [1.29, 1.82) is 0 Å². The van der Waals surface area contributed by atoms with Gasteiger partial charge in [0, 0.05) is 33.1 Å². The van der Waals surface area contributed by atoms with Gasteiger partial charge in [-0.2, -0.15) is 0 Å². The standard InChI is InChI=1S/C15H23N3O2/c1-18(11-12-7-9-16-10-8-12)15(19)17-13-5-3-4-6-14(13)20-2/h7-10,13-14H,3-6,11H2,1-2H3,(H,17,19). The Morgan fingerprint density at radius 2 is 2.10 bits per heavy atom. The van der Waals surface area contributed by atoms with Gasteiger partial charge in [-0.15, -0.1) is 0 Å². The van der Waals surface area contributed by atoms with Gasteiger partial charge in [-0.1, -0.05) is 12.8 Å². The summed E-state index contributed by atoms with van der Waals surface area (Å²) in [5, 5.41) is 3.09. The lowest BCUT2D eigenvalue weighted by Crippen LogP contribution is -2.49. The molecular weight excluding hydrogens is 254 g/mol. The fourth-order valence-electron chi connectivity index (χ4n) is 2.65. The topological polar surface area (TPSA) is 54.5 Å². The number of hydrogen-bond donors (Lipinski definition) is 1. The first-order chi connectivity index (χ1) is 9.70. The predicted octanol–water partition coefficient (Wildman–Crippen LogP) is 2.18. The molecule has 5 heteroatoms. The van der Waals surface area contributed by atoms with Crippen LogP contribution in [0.15, 0.2) is 24.5 Å². The van der Waals surface area contributed by atoms with Gasteiger partial charge in [-0.25, -0.2) is 4.79 Å². The molecule has 1 N–H and O–H groups in total. The molecule has 20 heavy (non-hydrogen) atoms. The van der Waals surface area contributed by atoms with Gasteiger partial charge in [0.25, 0.3) is 0 Å². The average molecular weight is 277 g/mol. The van der Waals surface area contributed by atoms with E-state index in [-0.39, 0.29) is 18.2 Å². The number of nitrogens with one attached hydrogen (secondary N) is 1. The summed E-state index contributed by atoms with van der Waals surface area (Å²) < 4.78 is 5.46. The number of carbonyl (C=O) groups excluding carboxylic acids is 1. The number of pyridine rings is 1. The molecule has 0 radical (unpaired) electrons. The number of nitrogens with zero attached hydrogens (tertiary/aromatic N) is 2. The maximum atomic E-state index is 12.2. The second-order valence-electron chi connectivity index (χ2n) is 5.33. The second kappa shape index (κ2) is 7.24. The number of carbonyl (C=O) groups is 1. The lowest BCUT2D eigenvalue weighted by Gasteiger charge is -2.32. The van der Waals surface area contributed by atoms with Crippen LogP contribution in [0.25, 0.3) is 0 Å². The van der Waals surface area contributed by atoms with Gasteiger partial charge in [0.2, 0.25) is 0 Å². The first-order valence-electron chi connectivity index (χ1n) is 7.14. The smallest absolute Gasteiger partial charge is 0.317 e. The molecule has 1 heterocycles. The van der Waals surface area contributed by atoms with E-state index in [2.05, 4.69) is 10.3 Å². The molecule has 0 aliphatic heterocycles. The lowest BCUT2D eigenvalue weighted by molar-refractivity contribution is 0.0434. The Morgan fingerprint density at radius 1 is 1.40 bits per heavy atom. The zero-order chi connectivity index (χ0) is 14.4. The van der Waals surface area contributed by atoms with Gasteiger partial charge in [-0.3, -0.25) is 4.98 Å². The molecule has 0 saturated heterocycles. The Labute approximate surface area is 120 Å². The van der Waals surface area contributed by atoms with Crippen molar-refractivity contribution in [3.63, 3.8) is 0 Å². The van der Waals surface area contributed by atoms with E-state index >= 15 is 0 Å². The van der Waals surface area contributed by atoms with E-state index in [4.69, 9.17) is 4.74 Å². The highest BCUT2D eigenvalue weighted by Crippen LogP contribution is 2.21. The Kier molecular flexibility index (Phi) is 5.35. The van der Waals surface area contributed by atoms with Crippen molar-refractivity contribution in [2.75, 3.05) is 14.2 Å². The van der Waals surface area contributed by atoms with Crippen LogP contribution in [0.2, 0.25) is 0 Å². The van der Waals surface area contributed by atoms with E-state index in [0.717, 1.165) is 24.8 Å². The van der Waals surface area contributed by atoms with Crippen molar-refractivity contribution >= 4 is 6.03 Å². The number of ether oxygens (including phenoxy) is 1. The van der Waals surface area contributed by atoms with Crippen molar-refractivity contribution in [1.82, 2.24) is 15.2 Å². The Bertz CT molecular complexity index is 424. The monoisotopic (exact) mass is 277 g/mol. The van der Waals surface area contributed by atoms with Gasteiger partial charge in [0.05, 0.1) is 12.1 Å². The first kappa shape index (κ1) is 14.8. The molecular formula is C15H23N3O2. The van der Waals surface area contributed by atoms with Gasteiger partial charge in [-0.05, 0) is 30.5 Å².